The maximum absolute atomic E-state index is 11.9. The number of nitrogens with zero attached hydrogens (tertiary/aromatic N) is 1. The Labute approximate surface area is 137 Å². The van der Waals surface area contributed by atoms with Gasteiger partial charge < -0.3 is 14.5 Å². The Hall–Kier alpha value is -3.35. The van der Waals surface area contributed by atoms with Crippen LogP contribution in [0.15, 0.2) is 52.9 Å². The normalized spacial score (nSPS) is 10.4. The largest absolute Gasteiger partial charge is 0.484 e. The van der Waals surface area contributed by atoms with E-state index in [0.29, 0.717) is 22.5 Å². The Morgan fingerprint density at radius 2 is 1.92 bits per heavy atom. The molecular formula is C17H15N3O4. The van der Waals surface area contributed by atoms with Gasteiger partial charge in [-0.1, -0.05) is 18.2 Å². The van der Waals surface area contributed by atoms with Gasteiger partial charge in [-0.05, 0) is 24.3 Å². The molecule has 0 aliphatic heterocycles. The maximum atomic E-state index is 11.9. The lowest BCUT2D eigenvalue weighted by Gasteiger charge is -2.04. The van der Waals surface area contributed by atoms with Crippen molar-refractivity contribution in [2.24, 2.45) is 0 Å². The molecule has 0 fully saturated rings. The summed E-state index contributed by atoms with van der Waals surface area (Å²) in [7, 11) is 0. The number of amides is 2. The van der Waals surface area contributed by atoms with E-state index >= 15 is 0 Å². The number of fused-ring (bicyclic) bond motifs is 1. The van der Waals surface area contributed by atoms with E-state index in [4.69, 9.17) is 9.15 Å². The summed E-state index contributed by atoms with van der Waals surface area (Å²) in [5, 5.41) is 5.18. The number of ether oxygens (including phenoxy) is 1. The van der Waals surface area contributed by atoms with Crippen molar-refractivity contribution >= 4 is 34.6 Å². The number of anilines is 2. The van der Waals surface area contributed by atoms with Crippen molar-refractivity contribution in [3.05, 3.63) is 48.5 Å². The fourth-order valence-electron chi connectivity index (χ4n) is 2.08. The zero-order valence-corrected chi connectivity index (χ0v) is 12.9. The van der Waals surface area contributed by atoms with Crippen molar-refractivity contribution in [2.45, 2.75) is 6.92 Å². The van der Waals surface area contributed by atoms with Gasteiger partial charge >= 0.3 is 6.01 Å². The molecule has 0 saturated carbocycles. The van der Waals surface area contributed by atoms with Gasteiger partial charge in [-0.2, -0.15) is 4.98 Å². The lowest BCUT2D eigenvalue weighted by molar-refractivity contribution is -0.118. The Morgan fingerprint density at radius 3 is 2.67 bits per heavy atom. The number of oxazole rings is 1. The van der Waals surface area contributed by atoms with Crippen LogP contribution in [-0.2, 0) is 9.59 Å². The van der Waals surface area contributed by atoms with Crippen LogP contribution < -0.4 is 15.4 Å². The minimum Gasteiger partial charge on any atom is -0.484 e. The SMILES string of the molecule is CC(=O)Nc1ccc2nc(NC(=O)COc3ccccc3)oc2c1. The van der Waals surface area contributed by atoms with Crippen LogP contribution in [0.4, 0.5) is 11.7 Å². The van der Waals surface area contributed by atoms with Gasteiger partial charge in [0.1, 0.15) is 11.3 Å². The summed E-state index contributed by atoms with van der Waals surface area (Å²) in [6.45, 7) is 1.27. The van der Waals surface area contributed by atoms with Crippen molar-refractivity contribution in [3.8, 4) is 5.75 Å². The summed E-state index contributed by atoms with van der Waals surface area (Å²) in [5.74, 6) is 0.0399. The summed E-state index contributed by atoms with van der Waals surface area (Å²) >= 11 is 0. The topological polar surface area (TPSA) is 93.5 Å². The van der Waals surface area contributed by atoms with Crippen LogP contribution in [0, 0.1) is 0 Å². The van der Waals surface area contributed by atoms with Crippen LogP contribution in [-0.4, -0.2) is 23.4 Å². The van der Waals surface area contributed by atoms with Crippen molar-refractivity contribution in [1.82, 2.24) is 4.98 Å². The van der Waals surface area contributed by atoms with Crippen molar-refractivity contribution in [2.75, 3.05) is 17.2 Å². The summed E-state index contributed by atoms with van der Waals surface area (Å²) in [6.07, 6.45) is 0. The standard InChI is InChI=1S/C17H15N3O4/c1-11(21)18-12-7-8-14-15(9-12)24-17(19-14)20-16(22)10-23-13-5-3-2-4-6-13/h2-9H,10H2,1H3,(H,18,21)(H,19,20,22). The highest BCUT2D eigenvalue weighted by atomic mass is 16.5. The van der Waals surface area contributed by atoms with Crippen molar-refractivity contribution in [3.63, 3.8) is 0 Å². The summed E-state index contributed by atoms with van der Waals surface area (Å²) in [6, 6.07) is 14.1. The Kier molecular flexibility index (Phi) is 4.42. The second kappa shape index (κ2) is 6.82. The molecule has 24 heavy (non-hydrogen) atoms. The van der Waals surface area contributed by atoms with E-state index in [1.54, 1.807) is 30.3 Å². The van der Waals surface area contributed by atoms with E-state index in [1.807, 2.05) is 18.2 Å². The molecule has 122 valence electrons. The Morgan fingerprint density at radius 1 is 1.12 bits per heavy atom. The van der Waals surface area contributed by atoms with Gasteiger partial charge in [-0.15, -0.1) is 0 Å². The fourth-order valence-corrected chi connectivity index (χ4v) is 2.08. The predicted octanol–water partition coefficient (Wildman–Crippen LogP) is 2.80. The summed E-state index contributed by atoms with van der Waals surface area (Å²) < 4.78 is 10.8. The average Bonchev–Trinajstić information content (AvgIpc) is 2.94. The second-order valence-electron chi connectivity index (χ2n) is 5.03. The van der Waals surface area contributed by atoms with E-state index in [2.05, 4.69) is 15.6 Å². The number of hydrogen-bond acceptors (Lipinski definition) is 5. The van der Waals surface area contributed by atoms with E-state index < -0.39 is 0 Å². The van der Waals surface area contributed by atoms with Crippen LogP contribution in [0.5, 0.6) is 5.75 Å². The van der Waals surface area contributed by atoms with E-state index in [1.165, 1.54) is 6.92 Å². The molecule has 0 saturated heterocycles. The number of carbonyl (C=O) groups is 2. The molecule has 0 atom stereocenters. The molecular weight excluding hydrogens is 310 g/mol. The van der Waals surface area contributed by atoms with E-state index in [0.717, 1.165) is 0 Å². The zero-order valence-electron chi connectivity index (χ0n) is 12.9. The molecule has 0 radical (unpaired) electrons. The first kappa shape index (κ1) is 15.5. The third kappa shape index (κ3) is 3.89. The quantitative estimate of drug-likeness (QED) is 0.752. The van der Waals surface area contributed by atoms with Crippen molar-refractivity contribution < 1.29 is 18.7 Å². The fraction of sp³-hybridized carbons (Fsp3) is 0.118. The molecule has 0 unspecified atom stereocenters. The average molecular weight is 325 g/mol. The molecule has 2 N–H and O–H groups in total. The molecule has 0 aliphatic rings. The van der Waals surface area contributed by atoms with E-state index in [9.17, 15) is 9.59 Å². The number of nitrogens with one attached hydrogen (secondary N) is 2. The predicted molar refractivity (Wildman–Crippen MR) is 88.9 cm³/mol. The van der Waals surface area contributed by atoms with Crippen molar-refractivity contribution in [1.29, 1.82) is 0 Å². The first-order chi connectivity index (χ1) is 11.6. The third-order valence-electron chi connectivity index (χ3n) is 3.07. The molecule has 0 aliphatic carbocycles. The molecule has 0 bridgehead atoms. The van der Waals surface area contributed by atoms with Crippen LogP contribution in [0.2, 0.25) is 0 Å². The highest BCUT2D eigenvalue weighted by molar-refractivity contribution is 5.93. The summed E-state index contributed by atoms with van der Waals surface area (Å²) in [4.78, 5) is 27.1. The molecule has 7 heteroatoms. The number of benzene rings is 2. The summed E-state index contributed by atoms with van der Waals surface area (Å²) in [5.41, 5.74) is 1.63. The number of para-hydroxylation sites is 1. The van der Waals surface area contributed by atoms with Gasteiger partial charge in [0, 0.05) is 18.7 Å². The van der Waals surface area contributed by atoms with Crippen LogP contribution >= 0.6 is 0 Å². The highest BCUT2D eigenvalue weighted by Gasteiger charge is 2.11. The minimum absolute atomic E-state index is 0.0756. The van der Waals surface area contributed by atoms with Gasteiger partial charge in [-0.3, -0.25) is 14.9 Å². The second-order valence-corrected chi connectivity index (χ2v) is 5.03. The molecule has 2 aromatic carbocycles. The lowest BCUT2D eigenvalue weighted by atomic mass is 10.3. The Balaban J connectivity index is 1.64. The monoisotopic (exact) mass is 325 g/mol. The number of aromatic nitrogens is 1. The smallest absolute Gasteiger partial charge is 0.302 e. The van der Waals surface area contributed by atoms with Gasteiger partial charge in [-0.25, -0.2) is 0 Å². The molecule has 3 aromatic rings. The maximum Gasteiger partial charge on any atom is 0.302 e. The molecule has 1 aromatic heterocycles. The van der Waals surface area contributed by atoms with E-state index in [-0.39, 0.29) is 24.4 Å². The van der Waals surface area contributed by atoms with Crippen LogP contribution in [0.25, 0.3) is 11.1 Å². The first-order valence-electron chi connectivity index (χ1n) is 7.26. The molecule has 2 amide bonds. The van der Waals surface area contributed by atoms with Gasteiger partial charge in [0.25, 0.3) is 5.91 Å². The number of rotatable bonds is 5. The molecule has 7 nitrogen and oxygen atoms in total. The third-order valence-corrected chi connectivity index (χ3v) is 3.07. The Bertz CT molecular complexity index is 874. The lowest BCUT2D eigenvalue weighted by Crippen LogP contribution is -2.20. The molecule has 0 spiro atoms. The molecule has 3 rings (SSSR count). The number of hydrogen-bond donors (Lipinski definition) is 2. The van der Waals surface area contributed by atoms with Crippen LogP contribution in [0.1, 0.15) is 6.92 Å². The van der Waals surface area contributed by atoms with Gasteiger partial charge in [0.2, 0.25) is 5.91 Å². The highest BCUT2D eigenvalue weighted by Crippen LogP contribution is 2.22. The molecule has 1 heterocycles. The first-order valence-corrected chi connectivity index (χ1v) is 7.26. The number of carbonyl (C=O) groups excluding carboxylic acids is 2. The van der Waals surface area contributed by atoms with Gasteiger partial charge in [0.05, 0.1) is 0 Å². The van der Waals surface area contributed by atoms with Crippen LogP contribution in [0.3, 0.4) is 0 Å². The minimum atomic E-state index is -0.382. The van der Waals surface area contributed by atoms with Gasteiger partial charge in [0.15, 0.2) is 12.2 Å². The zero-order chi connectivity index (χ0) is 16.9.